The fourth-order valence-electron chi connectivity index (χ4n) is 3.54. The monoisotopic (exact) mass is 487 g/mol. The van der Waals surface area contributed by atoms with E-state index in [1.807, 2.05) is 91.9 Å². The first-order chi connectivity index (χ1) is 17.1. The predicted octanol–water partition coefficient (Wildman–Crippen LogP) is 6.03. The van der Waals surface area contributed by atoms with E-state index in [9.17, 15) is 4.79 Å². The molecule has 0 radical (unpaired) electrons. The first kappa shape index (κ1) is 24.1. The number of amides is 1. The van der Waals surface area contributed by atoms with E-state index in [1.165, 1.54) is 0 Å². The average Bonchev–Trinajstić information content (AvgIpc) is 2.88. The number of halogens is 1. The van der Waals surface area contributed by atoms with Crippen molar-refractivity contribution in [2.24, 2.45) is 5.10 Å². The number of carbonyl (C=O) groups is 1. The summed E-state index contributed by atoms with van der Waals surface area (Å²) in [5, 5.41) is 10.1. The number of hydrazone groups is 1. The molecule has 0 spiro atoms. The van der Waals surface area contributed by atoms with Crippen molar-refractivity contribution < 1.29 is 14.3 Å². The van der Waals surface area contributed by atoms with Gasteiger partial charge in [-0.3, -0.25) is 4.79 Å². The number of fused-ring (bicyclic) bond motifs is 1. The van der Waals surface area contributed by atoms with Gasteiger partial charge < -0.3 is 14.8 Å². The van der Waals surface area contributed by atoms with Gasteiger partial charge in [-0.2, -0.15) is 5.10 Å². The van der Waals surface area contributed by atoms with Crippen LogP contribution in [0.15, 0.2) is 90.0 Å². The Labute approximate surface area is 209 Å². The fraction of sp³-hybridized carbons (Fsp3) is 0.143. The van der Waals surface area contributed by atoms with Crippen molar-refractivity contribution in [1.82, 2.24) is 5.43 Å². The summed E-state index contributed by atoms with van der Waals surface area (Å²) in [5.41, 5.74) is 5.10. The molecular weight excluding hydrogens is 462 g/mol. The lowest BCUT2D eigenvalue weighted by Gasteiger charge is -2.13. The fourth-order valence-corrected chi connectivity index (χ4v) is 3.73. The normalized spacial score (nSPS) is 10.9. The SMILES string of the molecule is CCOc1cc(/C=N\NC(=O)CNc2cccc3ccccc23)ccc1OCc1ccccc1Cl. The molecule has 0 aromatic heterocycles. The zero-order valence-corrected chi connectivity index (χ0v) is 20.1. The number of hydrogen-bond donors (Lipinski definition) is 2. The van der Waals surface area contributed by atoms with Crippen LogP contribution in [0.5, 0.6) is 11.5 Å². The summed E-state index contributed by atoms with van der Waals surface area (Å²) >= 11 is 6.21. The summed E-state index contributed by atoms with van der Waals surface area (Å²) in [6.07, 6.45) is 1.57. The maximum absolute atomic E-state index is 12.3. The van der Waals surface area contributed by atoms with E-state index in [2.05, 4.69) is 15.8 Å². The van der Waals surface area contributed by atoms with Crippen LogP contribution in [-0.4, -0.2) is 25.3 Å². The average molecular weight is 488 g/mol. The zero-order chi connectivity index (χ0) is 24.5. The van der Waals surface area contributed by atoms with Gasteiger partial charge in [0.05, 0.1) is 19.4 Å². The Kier molecular flexibility index (Phi) is 8.20. The smallest absolute Gasteiger partial charge is 0.259 e. The van der Waals surface area contributed by atoms with E-state index < -0.39 is 0 Å². The highest BCUT2D eigenvalue weighted by Crippen LogP contribution is 2.29. The summed E-state index contributed by atoms with van der Waals surface area (Å²) in [7, 11) is 0. The minimum Gasteiger partial charge on any atom is -0.490 e. The van der Waals surface area contributed by atoms with Crippen molar-refractivity contribution in [3.8, 4) is 11.5 Å². The van der Waals surface area contributed by atoms with Gasteiger partial charge >= 0.3 is 0 Å². The Balaban J connectivity index is 1.34. The van der Waals surface area contributed by atoms with Gasteiger partial charge in [-0.15, -0.1) is 0 Å². The van der Waals surface area contributed by atoms with Crippen molar-refractivity contribution >= 4 is 40.2 Å². The van der Waals surface area contributed by atoms with Gasteiger partial charge in [0, 0.05) is 21.7 Å². The molecule has 0 saturated carbocycles. The highest BCUT2D eigenvalue weighted by Gasteiger charge is 2.08. The molecule has 0 atom stereocenters. The van der Waals surface area contributed by atoms with E-state index in [-0.39, 0.29) is 12.5 Å². The van der Waals surface area contributed by atoms with Crippen molar-refractivity contribution in [1.29, 1.82) is 0 Å². The van der Waals surface area contributed by atoms with Crippen molar-refractivity contribution in [3.05, 3.63) is 101 Å². The summed E-state index contributed by atoms with van der Waals surface area (Å²) in [6.45, 7) is 2.82. The number of hydrogen-bond acceptors (Lipinski definition) is 5. The van der Waals surface area contributed by atoms with Crippen LogP contribution in [0.1, 0.15) is 18.1 Å². The number of benzene rings is 4. The molecule has 0 aliphatic carbocycles. The van der Waals surface area contributed by atoms with Crippen molar-refractivity contribution in [2.75, 3.05) is 18.5 Å². The third-order valence-electron chi connectivity index (χ3n) is 5.24. The molecule has 0 saturated heterocycles. The Morgan fingerprint density at radius 3 is 2.60 bits per heavy atom. The molecule has 1 amide bonds. The van der Waals surface area contributed by atoms with E-state index in [1.54, 1.807) is 6.21 Å². The summed E-state index contributed by atoms with van der Waals surface area (Å²) < 4.78 is 11.7. The highest BCUT2D eigenvalue weighted by molar-refractivity contribution is 6.31. The van der Waals surface area contributed by atoms with Crippen LogP contribution in [0.3, 0.4) is 0 Å². The molecule has 35 heavy (non-hydrogen) atoms. The molecule has 178 valence electrons. The molecule has 0 aliphatic heterocycles. The Hall–Kier alpha value is -4.03. The number of ether oxygens (including phenoxy) is 2. The maximum Gasteiger partial charge on any atom is 0.259 e. The number of nitrogens with zero attached hydrogens (tertiary/aromatic N) is 1. The second-order valence-electron chi connectivity index (χ2n) is 7.69. The molecule has 2 N–H and O–H groups in total. The van der Waals surface area contributed by atoms with Gasteiger partial charge in [-0.25, -0.2) is 5.43 Å². The molecule has 0 fully saturated rings. The zero-order valence-electron chi connectivity index (χ0n) is 19.3. The molecule has 0 bridgehead atoms. The van der Waals surface area contributed by atoms with Gasteiger partial charge in [0.2, 0.25) is 0 Å². The lowest BCUT2D eigenvalue weighted by atomic mass is 10.1. The third-order valence-corrected chi connectivity index (χ3v) is 5.61. The molecule has 4 aromatic carbocycles. The van der Waals surface area contributed by atoms with Crippen LogP contribution in [0, 0.1) is 0 Å². The molecule has 4 aromatic rings. The highest BCUT2D eigenvalue weighted by atomic mass is 35.5. The first-order valence-electron chi connectivity index (χ1n) is 11.3. The van der Waals surface area contributed by atoms with Gasteiger partial charge in [-0.05, 0) is 48.2 Å². The van der Waals surface area contributed by atoms with Gasteiger partial charge in [0.1, 0.15) is 6.61 Å². The van der Waals surface area contributed by atoms with E-state index in [0.29, 0.717) is 29.7 Å². The molecule has 0 aliphatic rings. The Bertz CT molecular complexity index is 1330. The second kappa shape index (κ2) is 11.9. The molecule has 0 heterocycles. The largest absolute Gasteiger partial charge is 0.490 e. The number of nitrogens with one attached hydrogen (secondary N) is 2. The number of rotatable bonds is 10. The summed E-state index contributed by atoms with van der Waals surface area (Å²) in [6, 6.07) is 27.0. The molecule has 7 heteroatoms. The number of anilines is 1. The predicted molar refractivity (Wildman–Crippen MR) is 142 cm³/mol. The Morgan fingerprint density at radius 1 is 0.943 bits per heavy atom. The molecule has 6 nitrogen and oxygen atoms in total. The lowest BCUT2D eigenvalue weighted by molar-refractivity contribution is -0.119. The second-order valence-corrected chi connectivity index (χ2v) is 8.10. The quantitative estimate of drug-likeness (QED) is 0.211. The van der Waals surface area contributed by atoms with Crippen molar-refractivity contribution in [2.45, 2.75) is 13.5 Å². The number of carbonyl (C=O) groups excluding carboxylic acids is 1. The standard InChI is InChI=1S/C28H26ClN3O3/c1-2-34-27-16-20(14-15-26(27)35-19-22-9-4-6-12-24(22)29)17-31-32-28(33)18-30-25-13-7-10-21-8-3-5-11-23(21)25/h3-17,30H,2,18-19H2,1H3,(H,32,33)/b31-17-. The topological polar surface area (TPSA) is 72.0 Å². The van der Waals surface area contributed by atoms with E-state index >= 15 is 0 Å². The van der Waals surface area contributed by atoms with Crippen LogP contribution in [-0.2, 0) is 11.4 Å². The summed E-state index contributed by atoms with van der Waals surface area (Å²) in [4.78, 5) is 12.3. The van der Waals surface area contributed by atoms with Gasteiger partial charge in [0.15, 0.2) is 11.5 Å². The third kappa shape index (κ3) is 6.52. The van der Waals surface area contributed by atoms with Crippen LogP contribution in [0.4, 0.5) is 5.69 Å². The van der Waals surface area contributed by atoms with Crippen LogP contribution in [0.2, 0.25) is 5.02 Å². The maximum atomic E-state index is 12.3. The molecular formula is C28H26ClN3O3. The first-order valence-corrected chi connectivity index (χ1v) is 11.7. The molecule has 0 unspecified atom stereocenters. The minimum atomic E-state index is -0.251. The van der Waals surface area contributed by atoms with Crippen molar-refractivity contribution in [3.63, 3.8) is 0 Å². The lowest BCUT2D eigenvalue weighted by Crippen LogP contribution is -2.25. The molecule has 4 rings (SSSR count). The van der Waals surface area contributed by atoms with Gasteiger partial charge in [-0.1, -0.05) is 66.2 Å². The van der Waals surface area contributed by atoms with E-state index in [4.69, 9.17) is 21.1 Å². The minimum absolute atomic E-state index is 0.102. The van der Waals surface area contributed by atoms with E-state index in [0.717, 1.165) is 27.6 Å². The van der Waals surface area contributed by atoms with Crippen LogP contribution in [0.25, 0.3) is 10.8 Å². The van der Waals surface area contributed by atoms with Crippen LogP contribution < -0.4 is 20.2 Å². The van der Waals surface area contributed by atoms with Crippen LogP contribution >= 0.6 is 11.6 Å². The summed E-state index contributed by atoms with van der Waals surface area (Å²) in [5.74, 6) is 0.943. The Morgan fingerprint density at radius 2 is 1.74 bits per heavy atom. The van der Waals surface area contributed by atoms with Gasteiger partial charge in [0.25, 0.3) is 5.91 Å².